The molecule has 29 heavy (non-hydrogen) atoms. The van der Waals surface area contributed by atoms with Crippen molar-refractivity contribution < 1.29 is 0 Å². The van der Waals surface area contributed by atoms with Gasteiger partial charge >= 0.3 is 5.69 Å². The van der Waals surface area contributed by atoms with E-state index >= 15 is 0 Å². The van der Waals surface area contributed by atoms with Crippen molar-refractivity contribution in [3.05, 3.63) is 56.7 Å². The Bertz CT molecular complexity index is 1140. The number of aryl methyl sites for hydroxylation is 1. The van der Waals surface area contributed by atoms with Gasteiger partial charge in [0.25, 0.3) is 5.56 Å². The maximum atomic E-state index is 13.0. The molecule has 1 atom stereocenters. The summed E-state index contributed by atoms with van der Waals surface area (Å²) in [4.78, 5) is 32.5. The quantitative estimate of drug-likeness (QED) is 0.710. The van der Waals surface area contributed by atoms with Gasteiger partial charge in [-0.1, -0.05) is 44.2 Å². The Morgan fingerprint density at radius 1 is 1.14 bits per heavy atom. The van der Waals surface area contributed by atoms with Gasteiger partial charge in [-0.2, -0.15) is 4.98 Å². The maximum absolute atomic E-state index is 13.0. The highest BCUT2D eigenvalue weighted by Gasteiger charge is 2.27. The average molecular weight is 396 g/mol. The smallest absolute Gasteiger partial charge is 0.332 e. The summed E-state index contributed by atoms with van der Waals surface area (Å²) >= 11 is 0. The van der Waals surface area contributed by atoms with Crippen LogP contribution in [0.1, 0.15) is 19.4 Å². The van der Waals surface area contributed by atoms with Crippen molar-refractivity contribution in [2.45, 2.75) is 26.4 Å². The van der Waals surface area contributed by atoms with Crippen LogP contribution in [0.5, 0.6) is 0 Å². The van der Waals surface area contributed by atoms with E-state index in [0.29, 0.717) is 29.7 Å². The second kappa shape index (κ2) is 7.51. The number of fused-ring (bicyclic) bond motifs is 1. The molecule has 1 saturated heterocycles. The van der Waals surface area contributed by atoms with Crippen molar-refractivity contribution in [2.24, 2.45) is 20.0 Å². The molecule has 0 aliphatic carbocycles. The van der Waals surface area contributed by atoms with E-state index in [9.17, 15) is 9.59 Å². The van der Waals surface area contributed by atoms with Crippen LogP contribution in [0.3, 0.4) is 0 Å². The fourth-order valence-electron chi connectivity index (χ4n) is 4.00. The number of nitrogens with one attached hydrogen (secondary N) is 1. The molecule has 0 saturated carbocycles. The van der Waals surface area contributed by atoms with Crippen molar-refractivity contribution >= 4 is 17.1 Å². The second-order valence-corrected chi connectivity index (χ2v) is 8.11. The highest BCUT2D eigenvalue weighted by molar-refractivity contribution is 5.75. The number of nitrogens with zero attached hydrogens (tertiary/aromatic N) is 5. The largest absolute Gasteiger partial charge is 0.339 e. The van der Waals surface area contributed by atoms with Gasteiger partial charge in [0, 0.05) is 39.8 Å². The van der Waals surface area contributed by atoms with Crippen LogP contribution in [-0.4, -0.2) is 44.4 Å². The Kier molecular flexibility index (Phi) is 5.04. The van der Waals surface area contributed by atoms with E-state index in [1.54, 1.807) is 7.05 Å². The summed E-state index contributed by atoms with van der Waals surface area (Å²) in [5.41, 5.74) is 1.31. The molecule has 154 valence electrons. The van der Waals surface area contributed by atoms with Crippen molar-refractivity contribution in [2.75, 3.05) is 24.5 Å². The van der Waals surface area contributed by atoms with E-state index in [4.69, 9.17) is 4.98 Å². The lowest BCUT2D eigenvalue weighted by Gasteiger charge is -2.36. The van der Waals surface area contributed by atoms with Crippen LogP contribution >= 0.6 is 0 Å². The minimum absolute atomic E-state index is 0.312. The van der Waals surface area contributed by atoms with Crippen molar-refractivity contribution in [1.82, 2.24) is 24.0 Å². The van der Waals surface area contributed by atoms with Crippen LogP contribution in [0.4, 0.5) is 5.95 Å². The van der Waals surface area contributed by atoms with E-state index < -0.39 is 0 Å². The normalized spacial score (nSPS) is 17.4. The zero-order valence-electron chi connectivity index (χ0n) is 17.4. The first kappa shape index (κ1) is 19.4. The molecule has 0 spiro atoms. The van der Waals surface area contributed by atoms with Crippen molar-refractivity contribution in [3.8, 4) is 0 Å². The summed E-state index contributed by atoms with van der Waals surface area (Å²) in [6, 6.07) is 10.4. The van der Waals surface area contributed by atoms with E-state index in [1.165, 1.54) is 11.6 Å². The number of rotatable bonds is 4. The lowest BCUT2D eigenvalue weighted by atomic mass is 10.0. The van der Waals surface area contributed by atoms with E-state index in [2.05, 4.69) is 24.1 Å². The third kappa shape index (κ3) is 3.37. The van der Waals surface area contributed by atoms with Crippen LogP contribution in [0.2, 0.25) is 0 Å². The topological polar surface area (TPSA) is 77.1 Å². The molecule has 1 unspecified atom stereocenters. The summed E-state index contributed by atoms with van der Waals surface area (Å²) in [7, 11) is 3.19. The molecule has 2 aromatic heterocycles. The molecule has 3 aromatic rings. The SMILES string of the molecule is CC(C)C1CN(c2nc3c(c(=O)n(C)c(=O)n3C)n2Cc2ccccc2)CCN1. The first-order valence-electron chi connectivity index (χ1n) is 10.1. The number of imidazole rings is 1. The third-order valence-corrected chi connectivity index (χ3v) is 5.80. The average Bonchev–Trinajstić information content (AvgIpc) is 3.11. The molecule has 0 radical (unpaired) electrons. The van der Waals surface area contributed by atoms with E-state index in [1.807, 2.05) is 34.9 Å². The van der Waals surface area contributed by atoms with Crippen LogP contribution < -0.4 is 21.5 Å². The molecule has 0 bridgehead atoms. The van der Waals surface area contributed by atoms with Crippen LogP contribution in [0.15, 0.2) is 39.9 Å². The molecule has 8 heteroatoms. The molecule has 0 amide bonds. The first-order valence-corrected chi connectivity index (χ1v) is 10.1. The fourth-order valence-corrected chi connectivity index (χ4v) is 4.00. The summed E-state index contributed by atoms with van der Waals surface area (Å²) in [5.74, 6) is 1.23. The zero-order chi connectivity index (χ0) is 20.7. The molecule has 1 aliphatic rings. The molecule has 1 N–H and O–H groups in total. The highest BCUT2D eigenvalue weighted by Crippen LogP contribution is 2.23. The predicted octanol–water partition coefficient (Wildman–Crippen LogP) is 0.916. The Morgan fingerprint density at radius 3 is 2.55 bits per heavy atom. The molecule has 4 rings (SSSR count). The van der Waals surface area contributed by atoms with Gasteiger partial charge in [0.05, 0.1) is 6.54 Å². The standard InChI is InChI=1S/C21H28N6O2/c1-14(2)16-13-26(11-10-22-16)20-23-18-17(19(28)25(4)21(29)24(18)3)27(20)12-15-8-6-5-7-9-15/h5-9,14,16,22H,10-13H2,1-4H3. The van der Waals surface area contributed by atoms with Crippen LogP contribution in [0.25, 0.3) is 11.2 Å². The fraction of sp³-hybridized carbons (Fsp3) is 0.476. The number of aromatic nitrogens is 4. The van der Waals surface area contributed by atoms with Gasteiger partial charge < -0.3 is 10.2 Å². The third-order valence-electron chi connectivity index (χ3n) is 5.80. The molecule has 8 nitrogen and oxygen atoms in total. The number of piperazine rings is 1. The predicted molar refractivity (Wildman–Crippen MR) is 115 cm³/mol. The van der Waals surface area contributed by atoms with E-state index in [0.717, 1.165) is 35.7 Å². The minimum Gasteiger partial charge on any atom is -0.339 e. The Labute approximate surface area is 169 Å². The molecular formula is C21H28N6O2. The second-order valence-electron chi connectivity index (χ2n) is 8.11. The van der Waals surface area contributed by atoms with Crippen molar-refractivity contribution in [1.29, 1.82) is 0 Å². The van der Waals surface area contributed by atoms with Gasteiger partial charge in [-0.25, -0.2) is 4.79 Å². The first-order chi connectivity index (χ1) is 13.9. The van der Waals surface area contributed by atoms with Gasteiger partial charge in [0.1, 0.15) is 0 Å². The summed E-state index contributed by atoms with van der Waals surface area (Å²) in [6.45, 7) is 7.39. The van der Waals surface area contributed by atoms with Crippen LogP contribution in [-0.2, 0) is 20.6 Å². The van der Waals surface area contributed by atoms with Gasteiger partial charge in [0.15, 0.2) is 11.2 Å². The summed E-state index contributed by atoms with van der Waals surface area (Å²) in [6.07, 6.45) is 0. The molecule has 3 heterocycles. The van der Waals surface area contributed by atoms with Gasteiger partial charge in [-0.3, -0.25) is 18.5 Å². The summed E-state index contributed by atoms with van der Waals surface area (Å²) < 4.78 is 4.59. The zero-order valence-corrected chi connectivity index (χ0v) is 17.4. The molecular weight excluding hydrogens is 368 g/mol. The number of hydrogen-bond donors (Lipinski definition) is 1. The number of hydrogen-bond acceptors (Lipinski definition) is 5. The Hall–Kier alpha value is -2.87. The lowest BCUT2D eigenvalue weighted by Crippen LogP contribution is -2.53. The highest BCUT2D eigenvalue weighted by atomic mass is 16.2. The number of anilines is 1. The minimum atomic E-state index is -0.362. The van der Waals surface area contributed by atoms with Gasteiger partial charge in [0.2, 0.25) is 5.95 Å². The summed E-state index contributed by atoms with van der Waals surface area (Å²) in [5, 5.41) is 3.56. The monoisotopic (exact) mass is 396 g/mol. The molecule has 1 fully saturated rings. The number of benzene rings is 1. The van der Waals surface area contributed by atoms with Crippen molar-refractivity contribution in [3.63, 3.8) is 0 Å². The van der Waals surface area contributed by atoms with Crippen LogP contribution in [0, 0.1) is 5.92 Å². The Morgan fingerprint density at radius 2 is 1.86 bits per heavy atom. The lowest BCUT2D eigenvalue weighted by molar-refractivity contribution is 0.365. The Balaban J connectivity index is 1.92. The molecule has 1 aromatic carbocycles. The molecule has 1 aliphatic heterocycles. The maximum Gasteiger partial charge on any atom is 0.332 e. The van der Waals surface area contributed by atoms with Gasteiger partial charge in [-0.05, 0) is 11.5 Å². The van der Waals surface area contributed by atoms with E-state index in [-0.39, 0.29) is 11.2 Å². The van der Waals surface area contributed by atoms with Gasteiger partial charge in [-0.15, -0.1) is 0 Å².